The van der Waals surface area contributed by atoms with E-state index in [2.05, 4.69) is 25.7 Å². The molecule has 104 valence electrons. The molecular weight excluding hydrogens is 220 g/mol. The second-order valence-corrected chi connectivity index (χ2v) is 5.34. The first-order valence-electron chi connectivity index (χ1n) is 7.79. The Hall–Kier alpha value is -0.560. The third kappa shape index (κ3) is 7.71. The fourth-order valence-electron chi connectivity index (χ4n) is 2.31. The number of unbranched alkanes of at least 4 members (excludes halogenated alkanes) is 6. The van der Waals surface area contributed by atoms with Crippen molar-refractivity contribution in [1.29, 1.82) is 0 Å². The van der Waals surface area contributed by atoms with Crippen molar-refractivity contribution < 1.29 is 4.74 Å². The van der Waals surface area contributed by atoms with E-state index in [1.54, 1.807) is 0 Å². The first-order valence-corrected chi connectivity index (χ1v) is 7.79. The Labute approximate surface area is 113 Å². The summed E-state index contributed by atoms with van der Waals surface area (Å²) in [5.41, 5.74) is 0. The summed E-state index contributed by atoms with van der Waals surface area (Å²) in [6.45, 7) is 6.00. The summed E-state index contributed by atoms with van der Waals surface area (Å²) < 4.78 is 5.68. The zero-order valence-electron chi connectivity index (χ0n) is 12.1. The smallest absolute Gasteiger partial charge is 0.0876 e. The van der Waals surface area contributed by atoms with E-state index < -0.39 is 0 Å². The Morgan fingerprint density at radius 3 is 2.56 bits per heavy atom. The van der Waals surface area contributed by atoms with Gasteiger partial charge in [-0.2, -0.15) is 0 Å². The van der Waals surface area contributed by atoms with Crippen LogP contribution in [0.1, 0.15) is 71.1 Å². The zero-order valence-corrected chi connectivity index (χ0v) is 12.1. The monoisotopic (exact) mass is 250 g/mol. The maximum absolute atomic E-state index is 5.68. The standard InChI is InChI=1S/C17H30O/c1-3-5-7-9-11-13-15-17-16(18-17)14-12-10-8-6-4-2/h4,11,13,16-17H,2-3,5-10,12,14-15H2,1H3/b13-11+/t16-,17+/m0/s1. The highest BCUT2D eigenvalue weighted by atomic mass is 16.6. The molecule has 1 saturated heterocycles. The number of hydrogen-bond acceptors (Lipinski definition) is 1. The number of epoxide rings is 1. The van der Waals surface area contributed by atoms with Crippen LogP contribution >= 0.6 is 0 Å². The zero-order chi connectivity index (χ0) is 13.1. The molecule has 1 heteroatoms. The molecule has 0 N–H and O–H groups in total. The van der Waals surface area contributed by atoms with Crippen molar-refractivity contribution in [1.82, 2.24) is 0 Å². The third-order valence-corrected chi connectivity index (χ3v) is 3.59. The molecule has 1 heterocycles. The summed E-state index contributed by atoms with van der Waals surface area (Å²) in [7, 11) is 0. The van der Waals surface area contributed by atoms with Crippen molar-refractivity contribution in [2.45, 2.75) is 83.3 Å². The van der Waals surface area contributed by atoms with Gasteiger partial charge >= 0.3 is 0 Å². The fraction of sp³-hybridized carbons (Fsp3) is 0.765. The highest BCUT2D eigenvalue weighted by Gasteiger charge is 2.36. The Kier molecular flexibility index (Phi) is 8.93. The molecule has 0 radical (unpaired) electrons. The van der Waals surface area contributed by atoms with E-state index in [0.29, 0.717) is 12.2 Å². The highest BCUT2D eigenvalue weighted by molar-refractivity contribution is 4.93. The van der Waals surface area contributed by atoms with Gasteiger partial charge in [0.2, 0.25) is 0 Å². The molecule has 18 heavy (non-hydrogen) atoms. The summed E-state index contributed by atoms with van der Waals surface area (Å²) in [5, 5.41) is 0. The first-order chi connectivity index (χ1) is 8.88. The van der Waals surface area contributed by atoms with E-state index in [1.165, 1.54) is 51.4 Å². The van der Waals surface area contributed by atoms with Crippen molar-refractivity contribution in [3.8, 4) is 0 Å². The Bertz CT molecular complexity index is 232. The van der Waals surface area contributed by atoms with E-state index in [9.17, 15) is 0 Å². The van der Waals surface area contributed by atoms with Crippen molar-refractivity contribution in [2.24, 2.45) is 0 Å². The molecule has 0 amide bonds. The first kappa shape index (κ1) is 15.5. The normalized spacial score (nSPS) is 22.5. The van der Waals surface area contributed by atoms with Crippen molar-refractivity contribution in [2.75, 3.05) is 0 Å². The summed E-state index contributed by atoms with van der Waals surface area (Å²) in [6.07, 6.45) is 20.5. The molecule has 0 spiro atoms. The largest absolute Gasteiger partial charge is 0.369 e. The lowest BCUT2D eigenvalue weighted by atomic mass is 10.1. The van der Waals surface area contributed by atoms with E-state index in [1.807, 2.05) is 6.08 Å². The van der Waals surface area contributed by atoms with Gasteiger partial charge in [-0.25, -0.2) is 0 Å². The molecule has 1 fully saturated rings. The lowest BCUT2D eigenvalue weighted by Gasteiger charge is -1.96. The highest BCUT2D eigenvalue weighted by Crippen LogP contribution is 2.30. The second kappa shape index (κ2) is 10.4. The quantitative estimate of drug-likeness (QED) is 0.256. The van der Waals surface area contributed by atoms with Gasteiger partial charge in [-0.15, -0.1) is 6.58 Å². The van der Waals surface area contributed by atoms with Gasteiger partial charge in [0, 0.05) is 0 Å². The SMILES string of the molecule is C=CCCCCC[C@@H]1O[C@@H]1C/C=C/CCCCC. The van der Waals surface area contributed by atoms with Crippen LogP contribution in [0.5, 0.6) is 0 Å². The lowest BCUT2D eigenvalue weighted by Crippen LogP contribution is -1.92. The molecule has 0 aromatic carbocycles. The Morgan fingerprint density at radius 2 is 1.78 bits per heavy atom. The van der Waals surface area contributed by atoms with Crippen molar-refractivity contribution in [3.05, 3.63) is 24.8 Å². The minimum Gasteiger partial charge on any atom is -0.369 e. The minimum atomic E-state index is 0.534. The summed E-state index contributed by atoms with van der Waals surface area (Å²) in [5.74, 6) is 0. The van der Waals surface area contributed by atoms with Gasteiger partial charge in [0.05, 0.1) is 12.2 Å². The third-order valence-electron chi connectivity index (χ3n) is 3.59. The van der Waals surface area contributed by atoms with E-state index >= 15 is 0 Å². The van der Waals surface area contributed by atoms with Gasteiger partial charge in [-0.3, -0.25) is 0 Å². The Morgan fingerprint density at radius 1 is 0.944 bits per heavy atom. The number of hydrogen-bond donors (Lipinski definition) is 0. The van der Waals surface area contributed by atoms with E-state index in [-0.39, 0.29) is 0 Å². The predicted molar refractivity (Wildman–Crippen MR) is 79.8 cm³/mol. The summed E-state index contributed by atoms with van der Waals surface area (Å²) >= 11 is 0. The number of allylic oxidation sites excluding steroid dienone is 2. The molecule has 0 unspecified atom stereocenters. The number of rotatable bonds is 12. The minimum absolute atomic E-state index is 0.534. The van der Waals surface area contributed by atoms with Crippen LogP contribution in [-0.2, 0) is 4.74 Å². The molecule has 1 aliphatic heterocycles. The second-order valence-electron chi connectivity index (χ2n) is 5.34. The van der Waals surface area contributed by atoms with Crippen LogP contribution < -0.4 is 0 Å². The molecule has 1 nitrogen and oxygen atoms in total. The molecule has 0 aliphatic carbocycles. The van der Waals surface area contributed by atoms with Gasteiger partial charge in [0.25, 0.3) is 0 Å². The van der Waals surface area contributed by atoms with Crippen molar-refractivity contribution in [3.63, 3.8) is 0 Å². The van der Waals surface area contributed by atoms with Gasteiger partial charge in [0.1, 0.15) is 0 Å². The van der Waals surface area contributed by atoms with Gasteiger partial charge in [-0.05, 0) is 38.5 Å². The van der Waals surface area contributed by atoms with Crippen LogP contribution in [0.3, 0.4) is 0 Å². The van der Waals surface area contributed by atoms with Crippen LogP contribution in [0.15, 0.2) is 24.8 Å². The maximum atomic E-state index is 5.68. The molecular formula is C17H30O. The van der Waals surface area contributed by atoms with Crippen LogP contribution in [-0.4, -0.2) is 12.2 Å². The lowest BCUT2D eigenvalue weighted by molar-refractivity contribution is 0.358. The molecule has 0 aromatic heterocycles. The van der Waals surface area contributed by atoms with Gasteiger partial charge in [-0.1, -0.05) is 50.8 Å². The maximum Gasteiger partial charge on any atom is 0.0876 e. The molecule has 0 saturated carbocycles. The summed E-state index contributed by atoms with van der Waals surface area (Å²) in [6, 6.07) is 0. The fourth-order valence-corrected chi connectivity index (χ4v) is 2.31. The average Bonchev–Trinajstić information content (AvgIpc) is 3.12. The van der Waals surface area contributed by atoms with E-state index in [4.69, 9.17) is 4.74 Å². The topological polar surface area (TPSA) is 12.5 Å². The van der Waals surface area contributed by atoms with Crippen LogP contribution in [0.25, 0.3) is 0 Å². The van der Waals surface area contributed by atoms with Crippen LogP contribution in [0.2, 0.25) is 0 Å². The number of ether oxygens (including phenoxy) is 1. The molecule has 1 rings (SSSR count). The predicted octanol–water partition coefficient (Wildman–Crippen LogP) is 5.42. The molecule has 2 atom stereocenters. The van der Waals surface area contributed by atoms with Crippen LogP contribution in [0.4, 0.5) is 0 Å². The average molecular weight is 250 g/mol. The molecule has 0 bridgehead atoms. The summed E-state index contributed by atoms with van der Waals surface area (Å²) in [4.78, 5) is 0. The van der Waals surface area contributed by atoms with Crippen molar-refractivity contribution >= 4 is 0 Å². The van der Waals surface area contributed by atoms with Gasteiger partial charge in [0.15, 0.2) is 0 Å². The van der Waals surface area contributed by atoms with Crippen LogP contribution in [0, 0.1) is 0 Å². The van der Waals surface area contributed by atoms with Gasteiger partial charge < -0.3 is 4.74 Å². The Balaban J connectivity index is 1.86. The molecule has 1 aliphatic rings. The molecule has 0 aromatic rings. The van der Waals surface area contributed by atoms with E-state index in [0.717, 1.165) is 12.8 Å².